The average Bonchev–Trinajstić information content (AvgIpc) is 2.24. The molecule has 1 rings (SSSR count). The van der Waals surface area contributed by atoms with E-state index in [9.17, 15) is 5.11 Å². The van der Waals surface area contributed by atoms with Gasteiger partial charge in [-0.3, -0.25) is 0 Å². The van der Waals surface area contributed by atoms with Crippen molar-refractivity contribution in [2.24, 2.45) is 5.41 Å². The molecule has 0 amide bonds. The highest BCUT2D eigenvalue weighted by Crippen LogP contribution is 2.25. The van der Waals surface area contributed by atoms with E-state index in [2.05, 4.69) is 16.3 Å². The maximum absolute atomic E-state index is 10.0. The Labute approximate surface area is 104 Å². The van der Waals surface area contributed by atoms with Gasteiger partial charge in [0.1, 0.15) is 0 Å². The Morgan fingerprint density at radius 3 is 2.35 bits per heavy atom. The van der Waals surface area contributed by atoms with Crippen LogP contribution in [-0.4, -0.2) is 31.9 Å². The summed E-state index contributed by atoms with van der Waals surface area (Å²) in [7, 11) is 4.03. The second kappa shape index (κ2) is 5.41. The van der Waals surface area contributed by atoms with Crippen molar-refractivity contribution in [1.82, 2.24) is 0 Å². The number of nitrogens with one attached hydrogen (secondary N) is 1. The molecule has 0 aromatic heterocycles. The molecule has 0 heterocycles. The Morgan fingerprint density at radius 1 is 1.24 bits per heavy atom. The number of nitrogens with zero attached hydrogens (tertiary/aromatic N) is 1. The molecule has 0 saturated carbocycles. The summed E-state index contributed by atoms with van der Waals surface area (Å²) in [6.45, 7) is 6.68. The second-order valence-corrected chi connectivity index (χ2v) is 5.67. The number of anilines is 2. The van der Waals surface area contributed by atoms with Crippen molar-refractivity contribution in [3.8, 4) is 0 Å². The smallest absolute Gasteiger partial charge is 0.0760 e. The zero-order valence-electron chi connectivity index (χ0n) is 11.5. The second-order valence-electron chi connectivity index (χ2n) is 5.67. The lowest BCUT2D eigenvalue weighted by atomic mass is 9.89. The van der Waals surface area contributed by atoms with E-state index in [0.29, 0.717) is 6.54 Å². The van der Waals surface area contributed by atoms with Gasteiger partial charge in [-0.2, -0.15) is 0 Å². The van der Waals surface area contributed by atoms with Gasteiger partial charge in [-0.15, -0.1) is 0 Å². The van der Waals surface area contributed by atoms with Gasteiger partial charge in [-0.25, -0.2) is 0 Å². The molecule has 17 heavy (non-hydrogen) atoms. The van der Waals surface area contributed by atoms with E-state index in [4.69, 9.17) is 0 Å². The summed E-state index contributed by atoms with van der Waals surface area (Å²) in [6.07, 6.45) is -0.363. The largest absolute Gasteiger partial charge is 0.391 e. The lowest BCUT2D eigenvalue weighted by molar-refractivity contribution is 0.0746. The van der Waals surface area contributed by atoms with Crippen molar-refractivity contribution in [3.63, 3.8) is 0 Å². The first-order chi connectivity index (χ1) is 7.82. The summed E-state index contributed by atoms with van der Waals surface area (Å²) in [5.74, 6) is 0. The number of aliphatic hydroxyl groups is 1. The first-order valence-corrected chi connectivity index (χ1v) is 6.00. The Balaban J connectivity index is 2.70. The van der Waals surface area contributed by atoms with Crippen LogP contribution in [0, 0.1) is 5.41 Å². The molecule has 0 aliphatic rings. The minimum absolute atomic E-state index is 0.0972. The molecule has 0 aliphatic carbocycles. The van der Waals surface area contributed by atoms with Gasteiger partial charge < -0.3 is 15.3 Å². The first-order valence-electron chi connectivity index (χ1n) is 6.00. The highest BCUT2D eigenvalue weighted by Gasteiger charge is 2.21. The highest BCUT2D eigenvalue weighted by atomic mass is 16.3. The lowest BCUT2D eigenvalue weighted by Gasteiger charge is -2.27. The van der Waals surface area contributed by atoms with Crippen molar-refractivity contribution in [3.05, 3.63) is 24.3 Å². The molecule has 3 heteroatoms. The van der Waals surface area contributed by atoms with Gasteiger partial charge in [0.05, 0.1) is 17.5 Å². The Kier molecular flexibility index (Phi) is 4.40. The molecule has 1 unspecified atom stereocenters. The molecule has 1 aromatic rings. The van der Waals surface area contributed by atoms with E-state index < -0.39 is 0 Å². The molecule has 3 nitrogen and oxygen atoms in total. The number of para-hydroxylation sites is 2. The normalized spacial score (nSPS) is 13.3. The van der Waals surface area contributed by atoms with Gasteiger partial charge in [-0.1, -0.05) is 32.9 Å². The van der Waals surface area contributed by atoms with Crippen molar-refractivity contribution in [2.45, 2.75) is 26.9 Å². The van der Waals surface area contributed by atoms with Crippen LogP contribution in [0.1, 0.15) is 20.8 Å². The molecule has 0 spiro atoms. The number of rotatable bonds is 4. The van der Waals surface area contributed by atoms with E-state index in [1.165, 1.54) is 0 Å². The van der Waals surface area contributed by atoms with Crippen LogP contribution in [-0.2, 0) is 0 Å². The monoisotopic (exact) mass is 236 g/mol. The fourth-order valence-corrected chi connectivity index (χ4v) is 1.53. The van der Waals surface area contributed by atoms with Gasteiger partial charge in [0.25, 0.3) is 0 Å². The van der Waals surface area contributed by atoms with E-state index in [0.717, 1.165) is 11.4 Å². The predicted molar refractivity (Wildman–Crippen MR) is 74.7 cm³/mol. The molecule has 0 aliphatic heterocycles. The molecule has 0 radical (unpaired) electrons. The average molecular weight is 236 g/mol. The van der Waals surface area contributed by atoms with Crippen LogP contribution in [0.25, 0.3) is 0 Å². The predicted octanol–water partition coefficient (Wildman–Crippen LogP) is 2.57. The van der Waals surface area contributed by atoms with E-state index in [1.807, 2.05) is 53.1 Å². The maximum atomic E-state index is 10.0. The molecular formula is C14H24N2O. The molecule has 0 saturated heterocycles. The van der Waals surface area contributed by atoms with Crippen molar-refractivity contribution >= 4 is 11.4 Å². The van der Waals surface area contributed by atoms with Gasteiger partial charge in [0.2, 0.25) is 0 Å². The summed E-state index contributed by atoms with van der Waals surface area (Å²) in [6, 6.07) is 8.11. The minimum atomic E-state index is -0.363. The van der Waals surface area contributed by atoms with Crippen LogP contribution in [0.2, 0.25) is 0 Å². The minimum Gasteiger partial charge on any atom is -0.391 e. The third-order valence-corrected chi connectivity index (χ3v) is 2.87. The summed E-state index contributed by atoms with van der Waals surface area (Å²) in [5.41, 5.74) is 2.09. The standard InChI is InChI=1S/C14H24N2O/c1-14(2,3)13(17)10-15-11-8-6-7-9-12(11)16(4)5/h6-9,13,15,17H,10H2,1-5H3. The molecule has 1 aromatic carbocycles. The van der Waals surface area contributed by atoms with Gasteiger partial charge in [-0.05, 0) is 17.5 Å². The Hall–Kier alpha value is -1.22. The van der Waals surface area contributed by atoms with Crippen LogP contribution >= 0.6 is 0 Å². The zero-order chi connectivity index (χ0) is 13.1. The highest BCUT2D eigenvalue weighted by molar-refractivity contribution is 5.69. The van der Waals surface area contributed by atoms with Crippen LogP contribution < -0.4 is 10.2 Å². The third kappa shape index (κ3) is 3.93. The summed E-state index contributed by atoms with van der Waals surface area (Å²) in [5, 5.41) is 13.3. The van der Waals surface area contributed by atoms with E-state index >= 15 is 0 Å². The van der Waals surface area contributed by atoms with Gasteiger partial charge in [0.15, 0.2) is 0 Å². The quantitative estimate of drug-likeness (QED) is 0.843. The maximum Gasteiger partial charge on any atom is 0.0760 e. The van der Waals surface area contributed by atoms with Crippen molar-refractivity contribution in [2.75, 3.05) is 30.9 Å². The van der Waals surface area contributed by atoms with Crippen molar-refractivity contribution < 1.29 is 5.11 Å². The molecular weight excluding hydrogens is 212 g/mol. The Bertz CT molecular complexity index is 355. The number of hydrogen-bond donors (Lipinski definition) is 2. The van der Waals surface area contributed by atoms with Crippen LogP contribution in [0.5, 0.6) is 0 Å². The number of benzene rings is 1. The summed E-state index contributed by atoms with van der Waals surface area (Å²) in [4.78, 5) is 2.06. The summed E-state index contributed by atoms with van der Waals surface area (Å²) < 4.78 is 0. The molecule has 0 fully saturated rings. The lowest BCUT2D eigenvalue weighted by Crippen LogP contribution is -2.33. The third-order valence-electron chi connectivity index (χ3n) is 2.87. The van der Waals surface area contributed by atoms with Crippen LogP contribution in [0.15, 0.2) is 24.3 Å². The summed E-state index contributed by atoms with van der Waals surface area (Å²) >= 11 is 0. The molecule has 1 atom stereocenters. The number of hydrogen-bond acceptors (Lipinski definition) is 3. The SMILES string of the molecule is CN(C)c1ccccc1NCC(O)C(C)(C)C. The fourth-order valence-electron chi connectivity index (χ4n) is 1.53. The zero-order valence-corrected chi connectivity index (χ0v) is 11.5. The van der Waals surface area contributed by atoms with Crippen LogP contribution in [0.3, 0.4) is 0 Å². The van der Waals surface area contributed by atoms with Gasteiger partial charge >= 0.3 is 0 Å². The van der Waals surface area contributed by atoms with Crippen molar-refractivity contribution in [1.29, 1.82) is 0 Å². The van der Waals surface area contributed by atoms with E-state index in [-0.39, 0.29) is 11.5 Å². The molecule has 2 N–H and O–H groups in total. The molecule has 0 bridgehead atoms. The molecule has 96 valence electrons. The Morgan fingerprint density at radius 2 is 1.82 bits per heavy atom. The van der Waals surface area contributed by atoms with Gasteiger partial charge in [0, 0.05) is 20.6 Å². The number of aliphatic hydroxyl groups excluding tert-OH is 1. The first kappa shape index (κ1) is 13.8. The fraction of sp³-hybridized carbons (Fsp3) is 0.571. The van der Waals surface area contributed by atoms with E-state index in [1.54, 1.807) is 0 Å². The topological polar surface area (TPSA) is 35.5 Å². The van der Waals surface area contributed by atoms with Crippen LogP contribution in [0.4, 0.5) is 11.4 Å².